The SMILES string of the molecule is Clc1ccc2c(OCCc3ccccc3)cccc2c1OCCc1ccccc1. The molecule has 0 aromatic heterocycles. The minimum Gasteiger partial charge on any atom is -0.493 e. The van der Waals surface area contributed by atoms with Gasteiger partial charge in [-0.2, -0.15) is 0 Å². The molecule has 2 nitrogen and oxygen atoms in total. The summed E-state index contributed by atoms with van der Waals surface area (Å²) in [7, 11) is 0. The second-order valence-corrected chi connectivity index (χ2v) is 7.30. The fourth-order valence-corrected chi connectivity index (χ4v) is 3.61. The van der Waals surface area contributed by atoms with Crippen LogP contribution in [-0.2, 0) is 12.8 Å². The van der Waals surface area contributed by atoms with Crippen LogP contribution in [0.1, 0.15) is 11.1 Å². The molecule has 0 unspecified atom stereocenters. The highest BCUT2D eigenvalue weighted by atomic mass is 35.5. The molecule has 0 amide bonds. The van der Waals surface area contributed by atoms with Gasteiger partial charge >= 0.3 is 0 Å². The maximum Gasteiger partial charge on any atom is 0.145 e. The molecule has 0 aliphatic carbocycles. The summed E-state index contributed by atoms with van der Waals surface area (Å²) in [6.07, 6.45) is 1.70. The summed E-state index contributed by atoms with van der Waals surface area (Å²) >= 11 is 6.46. The number of ether oxygens (including phenoxy) is 2. The first kappa shape index (κ1) is 19.4. The van der Waals surface area contributed by atoms with Crippen LogP contribution in [0.3, 0.4) is 0 Å². The summed E-state index contributed by atoms with van der Waals surface area (Å²) in [4.78, 5) is 0. The number of hydrogen-bond donors (Lipinski definition) is 0. The first-order valence-corrected chi connectivity index (χ1v) is 10.2. The molecule has 0 aliphatic heterocycles. The van der Waals surface area contributed by atoms with Crippen LogP contribution in [0.15, 0.2) is 91.0 Å². The van der Waals surface area contributed by atoms with Gasteiger partial charge in [0.1, 0.15) is 11.5 Å². The summed E-state index contributed by atoms with van der Waals surface area (Å²) in [6, 6.07) is 30.6. The summed E-state index contributed by atoms with van der Waals surface area (Å²) in [6.45, 7) is 1.19. The highest BCUT2D eigenvalue weighted by molar-refractivity contribution is 6.33. The lowest BCUT2D eigenvalue weighted by molar-refractivity contribution is 0.322. The zero-order valence-corrected chi connectivity index (χ0v) is 16.9. The fourth-order valence-electron chi connectivity index (χ4n) is 3.39. The minimum absolute atomic E-state index is 0.571. The molecule has 0 bridgehead atoms. The fraction of sp³-hybridized carbons (Fsp3) is 0.154. The van der Waals surface area contributed by atoms with Crippen molar-refractivity contribution >= 4 is 22.4 Å². The van der Waals surface area contributed by atoms with E-state index in [9.17, 15) is 0 Å². The molecule has 0 N–H and O–H groups in total. The van der Waals surface area contributed by atoms with Gasteiger partial charge in [0.2, 0.25) is 0 Å². The first-order valence-electron chi connectivity index (χ1n) is 9.86. The third-order valence-electron chi connectivity index (χ3n) is 4.90. The molecule has 0 radical (unpaired) electrons. The van der Waals surface area contributed by atoms with Crippen LogP contribution < -0.4 is 9.47 Å². The molecular formula is C26H23ClO2. The maximum absolute atomic E-state index is 6.46. The van der Waals surface area contributed by atoms with E-state index >= 15 is 0 Å². The molecule has 29 heavy (non-hydrogen) atoms. The maximum atomic E-state index is 6.46. The van der Waals surface area contributed by atoms with Crippen molar-refractivity contribution in [1.82, 2.24) is 0 Å². The van der Waals surface area contributed by atoms with Crippen molar-refractivity contribution in [3.8, 4) is 11.5 Å². The van der Waals surface area contributed by atoms with Crippen LogP contribution in [-0.4, -0.2) is 13.2 Å². The molecule has 4 aromatic carbocycles. The molecule has 0 saturated carbocycles. The minimum atomic E-state index is 0.571. The molecule has 4 aromatic rings. The first-order chi connectivity index (χ1) is 14.3. The Balaban J connectivity index is 1.48. The highest BCUT2D eigenvalue weighted by Crippen LogP contribution is 2.37. The zero-order chi connectivity index (χ0) is 19.9. The molecule has 0 spiro atoms. The molecule has 0 heterocycles. The second-order valence-electron chi connectivity index (χ2n) is 6.90. The van der Waals surface area contributed by atoms with Gasteiger partial charge in [-0.1, -0.05) is 84.4 Å². The Hall–Kier alpha value is -2.97. The highest BCUT2D eigenvalue weighted by Gasteiger charge is 2.11. The summed E-state index contributed by atoms with van der Waals surface area (Å²) in [5, 5.41) is 2.61. The van der Waals surface area contributed by atoms with Crippen LogP contribution in [0.2, 0.25) is 5.02 Å². The van der Waals surface area contributed by atoms with Gasteiger partial charge in [-0.3, -0.25) is 0 Å². The number of fused-ring (bicyclic) bond motifs is 1. The van der Waals surface area contributed by atoms with Gasteiger partial charge in [-0.05, 0) is 29.3 Å². The predicted octanol–water partition coefficient (Wildman–Crippen LogP) is 6.74. The Morgan fingerprint density at radius 1 is 0.552 bits per heavy atom. The molecule has 0 atom stereocenters. The molecule has 0 aliphatic rings. The number of hydrogen-bond acceptors (Lipinski definition) is 2. The predicted molar refractivity (Wildman–Crippen MR) is 120 cm³/mol. The van der Waals surface area contributed by atoms with Gasteiger partial charge in [-0.15, -0.1) is 0 Å². The van der Waals surface area contributed by atoms with Crippen molar-refractivity contribution in [2.24, 2.45) is 0 Å². The van der Waals surface area contributed by atoms with Crippen molar-refractivity contribution in [1.29, 1.82) is 0 Å². The van der Waals surface area contributed by atoms with E-state index in [1.807, 2.05) is 66.7 Å². The lowest BCUT2D eigenvalue weighted by Crippen LogP contribution is -2.03. The lowest BCUT2D eigenvalue weighted by Gasteiger charge is -2.14. The van der Waals surface area contributed by atoms with Crippen LogP contribution in [0.4, 0.5) is 0 Å². The zero-order valence-electron chi connectivity index (χ0n) is 16.2. The van der Waals surface area contributed by atoms with Crippen LogP contribution in [0.25, 0.3) is 10.8 Å². The van der Waals surface area contributed by atoms with Crippen LogP contribution >= 0.6 is 11.6 Å². The lowest BCUT2D eigenvalue weighted by atomic mass is 10.1. The van der Waals surface area contributed by atoms with E-state index in [1.54, 1.807) is 0 Å². The Labute approximate surface area is 176 Å². The van der Waals surface area contributed by atoms with Gasteiger partial charge in [0.25, 0.3) is 0 Å². The van der Waals surface area contributed by atoms with Crippen molar-refractivity contribution in [2.75, 3.05) is 13.2 Å². The molecule has 0 fully saturated rings. The van der Waals surface area contributed by atoms with E-state index in [1.165, 1.54) is 11.1 Å². The molecule has 146 valence electrons. The Kier molecular flexibility index (Phi) is 6.33. The van der Waals surface area contributed by atoms with Crippen LogP contribution in [0, 0.1) is 0 Å². The van der Waals surface area contributed by atoms with E-state index in [2.05, 4.69) is 24.3 Å². The van der Waals surface area contributed by atoms with Gasteiger partial charge in [0.15, 0.2) is 0 Å². The number of benzene rings is 4. The average Bonchev–Trinajstić information content (AvgIpc) is 2.77. The van der Waals surface area contributed by atoms with Crippen LogP contribution in [0.5, 0.6) is 11.5 Å². The van der Waals surface area contributed by atoms with Crippen molar-refractivity contribution in [2.45, 2.75) is 12.8 Å². The van der Waals surface area contributed by atoms with E-state index in [4.69, 9.17) is 21.1 Å². The standard InChI is InChI=1S/C26H23ClO2/c27-24-15-14-22-23(26(24)29-19-17-21-10-5-2-6-11-21)12-7-13-25(22)28-18-16-20-8-3-1-4-9-20/h1-15H,16-19H2. The van der Waals surface area contributed by atoms with E-state index in [0.29, 0.717) is 24.0 Å². The Morgan fingerprint density at radius 2 is 1.17 bits per heavy atom. The smallest absolute Gasteiger partial charge is 0.145 e. The average molecular weight is 403 g/mol. The monoisotopic (exact) mass is 402 g/mol. The Morgan fingerprint density at radius 3 is 1.83 bits per heavy atom. The third-order valence-corrected chi connectivity index (χ3v) is 5.19. The van der Waals surface area contributed by atoms with Gasteiger partial charge < -0.3 is 9.47 Å². The summed E-state index contributed by atoms with van der Waals surface area (Å²) in [5.74, 6) is 1.57. The van der Waals surface area contributed by atoms with Crippen molar-refractivity contribution in [3.05, 3.63) is 107 Å². The second kappa shape index (κ2) is 9.49. The van der Waals surface area contributed by atoms with Crippen molar-refractivity contribution < 1.29 is 9.47 Å². The van der Waals surface area contributed by atoms with Gasteiger partial charge in [0, 0.05) is 23.6 Å². The summed E-state index contributed by atoms with van der Waals surface area (Å²) in [5.41, 5.74) is 2.51. The van der Waals surface area contributed by atoms with Crippen molar-refractivity contribution in [3.63, 3.8) is 0 Å². The van der Waals surface area contributed by atoms with Gasteiger partial charge in [-0.25, -0.2) is 0 Å². The van der Waals surface area contributed by atoms with E-state index in [0.717, 1.165) is 29.4 Å². The number of halogens is 1. The quantitative estimate of drug-likeness (QED) is 0.325. The molecule has 0 saturated heterocycles. The summed E-state index contributed by atoms with van der Waals surface area (Å²) < 4.78 is 12.2. The number of rotatable bonds is 8. The molecule has 3 heteroatoms. The topological polar surface area (TPSA) is 18.5 Å². The molecular weight excluding hydrogens is 380 g/mol. The van der Waals surface area contributed by atoms with Gasteiger partial charge in [0.05, 0.1) is 18.2 Å². The molecule has 4 rings (SSSR count). The Bertz CT molecular complexity index is 1060. The van der Waals surface area contributed by atoms with E-state index < -0.39 is 0 Å². The normalized spacial score (nSPS) is 10.8. The van der Waals surface area contributed by atoms with E-state index in [-0.39, 0.29) is 0 Å². The largest absolute Gasteiger partial charge is 0.493 e. The third kappa shape index (κ3) is 4.90.